The standard InChI is InChI=1S/C14H22N2O5S2/c1-10(2)8-15-13(17)9-21-14(18)12-5-4-11(22-12)6-7-16-23(3,19)20/h4-5,10,16H,6-9H2,1-3H3,(H,15,17). The number of carbonyl (C=O) groups is 2. The molecule has 0 fully saturated rings. The maximum Gasteiger partial charge on any atom is 0.348 e. The van der Waals surface area contributed by atoms with Gasteiger partial charge in [0.05, 0.1) is 6.26 Å². The number of hydrogen-bond donors (Lipinski definition) is 2. The van der Waals surface area contributed by atoms with Crippen LogP contribution >= 0.6 is 11.3 Å². The van der Waals surface area contributed by atoms with Crippen molar-refractivity contribution >= 4 is 33.2 Å². The molecule has 0 saturated carbocycles. The average Bonchev–Trinajstić information content (AvgIpc) is 2.90. The monoisotopic (exact) mass is 362 g/mol. The Morgan fingerprint density at radius 2 is 2.00 bits per heavy atom. The lowest BCUT2D eigenvalue weighted by Crippen LogP contribution is -2.31. The topological polar surface area (TPSA) is 102 Å². The van der Waals surface area contributed by atoms with Gasteiger partial charge in [-0.15, -0.1) is 11.3 Å². The first kappa shape index (κ1) is 19.6. The summed E-state index contributed by atoms with van der Waals surface area (Å²) < 4.78 is 29.2. The maximum absolute atomic E-state index is 11.8. The number of amides is 1. The Morgan fingerprint density at radius 3 is 2.61 bits per heavy atom. The van der Waals surface area contributed by atoms with E-state index in [9.17, 15) is 18.0 Å². The van der Waals surface area contributed by atoms with Gasteiger partial charge in [0, 0.05) is 18.0 Å². The molecule has 1 aromatic heterocycles. The van der Waals surface area contributed by atoms with Gasteiger partial charge in [-0.25, -0.2) is 17.9 Å². The Labute approximate surface area is 140 Å². The van der Waals surface area contributed by atoms with Gasteiger partial charge in [-0.2, -0.15) is 0 Å². The van der Waals surface area contributed by atoms with Crippen LogP contribution in [0.1, 0.15) is 28.4 Å². The van der Waals surface area contributed by atoms with Crippen LogP contribution in [0.5, 0.6) is 0 Å². The zero-order chi connectivity index (χ0) is 17.5. The molecule has 7 nitrogen and oxygen atoms in total. The van der Waals surface area contributed by atoms with Gasteiger partial charge in [0.15, 0.2) is 6.61 Å². The minimum atomic E-state index is -3.22. The summed E-state index contributed by atoms with van der Waals surface area (Å²) in [4.78, 5) is 24.5. The van der Waals surface area contributed by atoms with Crippen LogP contribution in [-0.2, 0) is 26.0 Å². The van der Waals surface area contributed by atoms with E-state index >= 15 is 0 Å². The Morgan fingerprint density at radius 1 is 1.30 bits per heavy atom. The highest BCUT2D eigenvalue weighted by Gasteiger charge is 2.13. The molecule has 130 valence electrons. The average molecular weight is 362 g/mol. The number of ether oxygens (including phenoxy) is 1. The molecule has 23 heavy (non-hydrogen) atoms. The minimum Gasteiger partial charge on any atom is -0.451 e. The van der Waals surface area contributed by atoms with Crippen molar-refractivity contribution in [2.45, 2.75) is 20.3 Å². The van der Waals surface area contributed by atoms with E-state index < -0.39 is 16.0 Å². The summed E-state index contributed by atoms with van der Waals surface area (Å²) in [5, 5.41) is 2.66. The molecule has 0 aliphatic carbocycles. The zero-order valence-electron chi connectivity index (χ0n) is 13.4. The van der Waals surface area contributed by atoms with Crippen LogP contribution in [0.4, 0.5) is 0 Å². The van der Waals surface area contributed by atoms with Crippen molar-refractivity contribution in [2.24, 2.45) is 5.92 Å². The largest absolute Gasteiger partial charge is 0.451 e. The summed E-state index contributed by atoms with van der Waals surface area (Å²) in [6, 6.07) is 3.35. The molecular weight excluding hydrogens is 340 g/mol. The van der Waals surface area contributed by atoms with E-state index in [1.807, 2.05) is 13.8 Å². The third-order valence-corrected chi connectivity index (χ3v) is 4.49. The highest BCUT2D eigenvalue weighted by molar-refractivity contribution is 7.88. The van der Waals surface area contributed by atoms with E-state index in [1.54, 1.807) is 12.1 Å². The van der Waals surface area contributed by atoms with E-state index in [0.717, 1.165) is 11.1 Å². The van der Waals surface area contributed by atoms with E-state index in [1.165, 1.54) is 11.3 Å². The summed E-state index contributed by atoms with van der Waals surface area (Å²) >= 11 is 1.22. The number of rotatable bonds is 9. The number of thiophene rings is 1. The molecule has 0 atom stereocenters. The number of sulfonamides is 1. The van der Waals surface area contributed by atoms with Gasteiger partial charge in [-0.05, 0) is 24.5 Å². The SMILES string of the molecule is CC(C)CNC(=O)COC(=O)c1ccc(CCNS(C)(=O)=O)s1. The van der Waals surface area contributed by atoms with Gasteiger partial charge in [-0.3, -0.25) is 4.79 Å². The molecule has 1 rings (SSSR count). The second kappa shape index (κ2) is 8.99. The molecule has 0 unspecified atom stereocenters. The molecule has 9 heteroatoms. The van der Waals surface area contributed by atoms with Crippen LogP contribution < -0.4 is 10.0 Å². The smallest absolute Gasteiger partial charge is 0.348 e. The van der Waals surface area contributed by atoms with Crippen molar-refractivity contribution < 1.29 is 22.7 Å². The van der Waals surface area contributed by atoms with Gasteiger partial charge in [0.1, 0.15) is 4.88 Å². The van der Waals surface area contributed by atoms with Crippen LogP contribution in [0.25, 0.3) is 0 Å². The first-order valence-corrected chi connectivity index (χ1v) is 9.85. The first-order valence-electron chi connectivity index (χ1n) is 7.14. The number of carbonyl (C=O) groups excluding carboxylic acids is 2. The quantitative estimate of drug-likeness (QED) is 0.632. The van der Waals surface area contributed by atoms with Crippen molar-refractivity contribution in [3.63, 3.8) is 0 Å². The molecular formula is C14H22N2O5S2. The molecule has 0 radical (unpaired) electrons. The molecule has 0 aliphatic heterocycles. The van der Waals surface area contributed by atoms with Gasteiger partial charge in [0.2, 0.25) is 10.0 Å². The lowest BCUT2D eigenvalue weighted by atomic mass is 10.2. The predicted molar refractivity (Wildman–Crippen MR) is 89.0 cm³/mol. The Kier molecular flexibility index (Phi) is 7.66. The second-order valence-corrected chi connectivity index (χ2v) is 8.46. The van der Waals surface area contributed by atoms with Crippen molar-refractivity contribution in [1.29, 1.82) is 0 Å². The van der Waals surface area contributed by atoms with Crippen molar-refractivity contribution in [2.75, 3.05) is 26.0 Å². The molecule has 1 aromatic rings. The second-order valence-electron chi connectivity index (χ2n) is 5.46. The molecule has 0 bridgehead atoms. The molecule has 1 heterocycles. The van der Waals surface area contributed by atoms with Crippen molar-refractivity contribution in [3.05, 3.63) is 21.9 Å². The fourth-order valence-electron chi connectivity index (χ4n) is 1.55. The van der Waals surface area contributed by atoms with E-state index in [0.29, 0.717) is 23.8 Å². The Bertz CT molecular complexity index is 637. The Balaban J connectivity index is 2.38. The summed E-state index contributed by atoms with van der Waals surface area (Å²) in [6.07, 6.45) is 1.58. The summed E-state index contributed by atoms with van der Waals surface area (Å²) in [5.74, 6) is -0.562. The summed E-state index contributed by atoms with van der Waals surface area (Å²) in [7, 11) is -3.22. The maximum atomic E-state index is 11.8. The summed E-state index contributed by atoms with van der Waals surface area (Å²) in [6.45, 7) is 4.43. The third-order valence-electron chi connectivity index (χ3n) is 2.64. The lowest BCUT2D eigenvalue weighted by molar-refractivity contribution is -0.124. The third kappa shape index (κ3) is 8.68. The van der Waals surface area contributed by atoms with Crippen molar-refractivity contribution in [3.8, 4) is 0 Å². The number of nitrogens with one attached hydrogen (secondary N) is 2. The lowest BCUT2D eigenvalue weighted by Gasteiger charge is -2.07. The van der Waals surface area contributed by atoms with Crippen LogP contribution in [-0.4, -0.2) is 46.2 Å². The van der Waals surface area contributed by atoms with Crippen LogP contribution in [0.3, 0.4) is 0 Å². The molecule has 0 aliphatic rings. The van der Waals surface area contributed by atoms with Gasteiger partial charge in [0.25, 0.3) is 5.91 Å². The normalized spacial score (nSPS) is 11.5. The zero-order valence-corrected chi connectivity index (χ0v) is 15.1. The van der Waals surface area contributed by atoms with Crippen LogP contribution in [0.15, 0.2) is 12.1 Å². The number of esters is 1. The molecule has 2 N–H and O–H groups in total. The fraction of sp³-hybridized carbons (Fsp3) is 0.571. The predicted octanol–water partition coefficient (Wildman–Crippen LogP) is 0.769. The van der Waals surface area contributed by atoms with Gasteiger partial charge < -0.3 is 10.1 Å². The molecule has 0 aromatic carbocycles. The molecule has 0 saturated heterocycles. The van der Waals surface area contributed by atoms with Crippen LogP contribution in [0, 0.1) is 5.92 Å². The van der Waals surface area contributed by atoms with Gasteiger partial charge >= 0.3 is 5.97 Å². The van der Waals surface area contributed by atoms with Crippen LogP contribution in [0.2, 0.25) is 0 Å². The molecule has 1 amide bonds. The van der Waals surface area contributed by atoms with E-state index in [-0.39, 0.29) is 19.1 Å². The highest BCUT2D eigenvalue weighted by atomic mass is 32.2. The minimum absolute atomic E-state index is 0.269. The summed E-state index contributed by atoms with van der Waals surface area (Å²) in [5.41, 5.74) is 0. The Hall–Kier alpha value is -1.45. The fourth-order valence-corrected chi connectivity index (χ4v) is 2.93. The molecule has 0 spiro atoms. The first-order chi connectivity index (χ1) is 10.7. The van der Waals surface area contributed by atoms with E-state index in [2.05, 4.69) is 10.0 Å². The van der Waals surface area contributed by atoms with E-state index in [4.69, 9.17) is 4.74 Å². The highest BCUT2D eigenvalue weighted by Crippen LogP contribution is 2.17. The number of hydrogen-bond acceptors (Lipinski definition) is 6. The van der Waals surface area contributed by atoms with Crippen molar-refractivity contribution in [1.82, 2.24) is 10.0 Å². The van der Waals surface area contributed by atoms with Gasteiger partial charge in [-0.1, -0.05) is 13.8 Å².